The predicted octanol–water partition coefficient (Wildman–Crippen LogP) is 1.64. The molecule has 0 saturated heterocycles. The van der Waals surface area contributed by atoms with Crippen LogP contribution < -0.4 is 4.74 Å². The highest BCUT2D eigenvalue weighted by Gasteiger charge is 2.36. The van der Waals surface area contributed by atoms with Crippen LogP contribution in [0.4, 0.5) is 4.79 Å². The van der Waals surface area contributed by atoms with E-state index in [0.717, 1.165) is 12.1 Å². The smallest absolute Gasteiger partial charge is 0.508 e. The zero-order chi connectivity index (χ0) is 16.9. The second kappa shape index (κ2) is 4.73. The van der Waals surface area contributed by atoms with Gasteiger partial charge in [-0.3, -0.25) is 9.59 Å². The predicted molar refractivity (Wildman–Crippen MR) is 73.4 cm³/mol. The Morgan fingerprint density at radius 3 is 2.22 bits per heavy atom. The van der Waals surface area contributed by atoms with Crippen molar-refractivity contribution in [2.24, 2.45) is 0 Å². The summed E-state index contributed by atoms with van der Waals surface area (Å²) in [5.41, 5.74) is -1.26. The first-order valence-corrected chi connectivity index (χ1v) is 6.23. The van der Waals surface area contributed by atoms with E-state index in [1.54, 1.807) is 0 Å². The van der Waals surface area contributed by atoms with E-state index in [2.05, 4.69) is 4.74 Å². The van der Waals surface area contributed by atoms with E-state index in [9.17, 15) is 29.7 Å². The van der Waals surface area contributed by atoms with Crippen LogP contribution in [0.15, 0.2) is 24.3 Å². The van der Waals surface area contributed by atoms with Gasteiger partial charge in [-0.05, 0) is 18.2 Å². The number of hydrogen-bond acceptors (Lipinski definition) is 7. The molecule has 2 aromatic rings. The molecule has 1 aliphatic rings. The van der Waals surface area contributed by atoms with Gasteiger partial charge in [-0.2, -0.15) is 0 Å². The van der Waals surface area contributed by atoms with Gasteiger partial charge in [0, 0.05) is 17.2 Å². The van der Waals surface area contributed by atoms with Crippen LogP contribution in [-0.4, -0.2) is 38.1 Å². The first-order valence-electron chi connectivity index (χ1n) is 6.23. The molecule has 0 aromatic heterocycles. The largest absolute Gasteiger partial charge is 0.511 e. The summed E-state index contributed by atoms with van der Waals surface area (Å²) in [6.45, 7) is 0. The van der Waals surface area contributed by atoms with Crippen LogP contribution in [0.2, 0.25) is 0 Å². The number of benzene rings is 2. The lowest BCUT2D eigenvalue weighted by Crippen LogP contribution is -2.21. The lowest BCUT2D eigenvalue weighted by molar-refractivity contribution is 0.0972. The fourth-order valence-corrected chi connectivity index (χ4v) is 2.44. The molecule has 0 fully saturated rings. The summed E-state index contributed by atoms with van der Waals surface area (Å²) in [7, 11) is 0. The van der Waals surface area contributed by atoms with Gasteiger partial charge >= 0.3 is 6.16 Å². The number of hydrogen-bond donors (Lipinski definition) is 4. The van der Waals surface area contributed by atoms with E-state index in [4.69, 9.17) is 5.11 Å². The lowest BCUT2D eigenvalue weighted by Gasteiger charge is -2.20. The van der Waals surface area contributed by atoms with Gasteiger partial charge in [0.1, 0.15) is 11.5 Å². The Hall–Kier alpha value is -3.55. The highest BCUT2D eigenvalue weighted by Crippen LogP contribution is 2.43. The van der Waals surface area contributed by atoms with E-state index in [1.165, 1.54) is 12.1 Å². The molecule has 2 aromatic carbocycles. The molecule has 0 unspecified atom stereocenters. The summed E-state index contributed by atoms with van der Waals surface area (Å²) in [6, 6.07) is 4.19. The van der Waals surface area contributed by atoms with Gasteiger partial charge in [-0.25, -0.2) is 4.79 Å². The van der Waals surface area contributed by atoms with Crippen LogP contribution in [0.25, 0.3) is 0 Å². The van der Waals surface area contributed by atoms with Crippen molar-refractivity contribution in [3.05, 3.63) is 46.5 Å². The minimum atomic E-state index is -1.77. The zero-order valence-corrected chi connectivity index (χ0v) is 11.2. The van der Waals surface area contributed by atoms with Crippen molar-refractivity contribution in [3.8, 4) is 23.0 Å². The standard InChI is InChI=1S/C15H8O8/c16-5-1-2-6-7(3-5)13(19)11-10(12(6)18)8(17)4-9(14(11)20)23-15(21)22/h1-4,16-17,20H,(H,21,22). The molecule has 8 heteroatoms. The van der Waals surface area contributed by atoms with Gasteiger partial charge in [-0.1, -0.05) is 0 Å². The fraction of sp³-hybridized carbons (Fsp3) is 0. The Kier molecular flexibility index (Phi) is 2.96. The Bertz CT molecular complexity index is 897. The van der Waals surface area contributed by atoms with E-state index >= 15 is 0 Å². The third-order valence-corrected chi connectivity index (χ3v) is 3.39. The van der Waals surface area contributed by atoms with Gasteiger partial charge < -0.3 is 25.2 Å². The second-order valence-electron chi connectivity index (χ2n) is 4.75. The van der Waals surface area contributed by atoms with Crippen molar-refractivity contribution in [2.45, 2.75) is 0 Å². The van der Waals surface area contributed by atoms with Crippen LogP contribution >= 0.6 is 0 Å². The van der Waals surface area contributed by atoms with Crippen molar-refractivity contribution >= 4 is 17.7 Å². The van der Waals surface area contributed by atoms with Crippen molar-refractivity contribution in [1.29, 1.82) is 0 Å². The van der Waals surface area contributed by atoms with Crippen LogP contribution in [-0.2, 0) is 0 Å². The molecule has 0 heterocycles. The molecule has 116 valence electrons. The third kappa shape index (κ3) is 2.04. The van der Waals surface area contributed by atoms with E-state index in [0.29, 0.717) is 0 Å². The normalized spacial score (nSPS) is 12.5. The van der Waals surface area contributed by atoms with Gasteiger partial charge in [0.25, 0.3) is 0 Å². The van der Waals surface area contributed by atoms with E-state index in [-0.39, 0.29) is 16.9 Å². The molecule has 1 aliphatic carbocycles. The summed E-state index contributed by atoms with van der Waals surface area (Å²) in [6.07, 6.45) is -1.77. The minimum absolute atomic E-state index is 0.0538. The Morgan fingerprint density at radius 2 is 1.57 bits per heavy atom. The van der Waals surface area contributed by atoms with Crippen LogP contribution in [0.1, 0.15) is 31.8 Å². The highest BCUT2D eigenvalue weighted by atomic mass is 16.7. The summed E-state index contributed by atoms with van der Waals surface area (Å²) in [4.78, 5) is 35.5. The van der Waals surface area contributed by atoms with Crippen LogP contribution in [0.3, 0.4) is 0 Å². The zero-order valence-electron chi connectivity index (χ0n) is 11.2. The van der Waals surface area contributed by atoms with Crippen molar-refractivity contribution in [2.75, 3.05) is 0 Å². The van der Waals surface area contributed by atoms with E-state index < -0.39 is 46.1 Å². The number of phenols is 3. The fourth-order valence-electron chi connectivity index (χ4n) is 2.44. The molecular formula is C15H8O8. The van der Waals surface area contributed by atoms with Gasteiger partial charge in [0.2, 0.25) is 0 Å². The molecule has 23 heavy (non-hydrogen) atoms. The molecule has 0 aliphatic heterocycles. The summed E-state index contributed by atoms with van der Waals surface area (Å²) in [5.74, 6) is -4.13. The third-order valence-electron chi connectivity index (χ3n) is 3.39. The van der Waals surface area contributed by atoms with Crippen LogP contribution in [0, 0.1) is 0 Å². The second-order valence-corrected chi connectivity index (χ2v) is 4.75. The number of carboxylic acid groups (broad SMARTS) is 1. The summed E-state index contributed by atoms with van der Waals surface area (Å²) in [5, 5.41) is 38.1. The number of ketones is 2. The van der Waals surface area contributed by atoms with Gasteiger partial charge in [0.15, 0.2) is 23.1 Å². The monoisotopic (exact) mass is 316 g/mol. The molecule has 0 amide bonds. The Morgan fingerprint density at radius 1 is 0.913 bits per heavy atom. The average molecular weight is 316 g/mol. The summed E-state index contributed by atoms with van der Waals surface area (Å²) >= 11 is 0. The van der Waals surface area contributed by atoms with Gasteiger partial charge in [0.05, 0.1) is 11.1 Å². The molecule has 0 saturated carbocycles. The number of phenolic OH excluding ortho intramolecular Hbond substituents is 3. The maximum atomic E-state index is 12.5. The molecule has 3 rings (SSSR count). The molecule has 0 spiro atoms. The number of carbonyl (C=O) groups is 3. The van der Waals surface area contributed by atoms with E-state index in [1.807, 2.05) is 0 Å². The van der Waals surface area contributed by atoms with Crippen LogP contribution in [0.5, 0.6) is 23.0 Å². The molecule has 0 radical (unpaired) electrons. The number of ether oxygens (including phenoxy) is 1. The summed E-state index contributed by atoms with van der Waals surface area (Å²) < 4.78 is 4.28. The first-order chi connectivity index (χ1) is 10.8. The molecule has 4 N–H and O–H groups in total. The molecular weight excluding hydrogens is 308 g/mol. The number of fused-ring (bicyclic) bond motifs is 2. The first kappa shape index (κ1) is 14.4. The molecule has 8 nitrogen and oxygen atoms in total. The Balaban J connectivity index is 2.31. The highest BCUT2D eigenvalue weighted by molar-refractivity contribution is 6.30. The van der Waals surface area contributed by atoms with Gasteiger partial charge in [-0.15, -0.1) is 0 Å². The quantitative estimate of drug-likeness (QED) is 0.301. The number of carbonyl (C=O) groups excluding carboxylic acids is 2. The van der Waals surface area contributed by atoms with Crippen molar-refractivity contribution in [1.82, 2.24) is 0 Å². The molecule has 0 bridgehead atoms. The van der Waals surface area contributed by atoms with Crippen molar-refractivity contribution in [3.63, 3.8) is 0 Å². The molecule has 0 atom stereocenters. The number of rotatable bonds is 1. The van der Waals surface area contributed by atoms with Crippen molar-refractivity contribution < 1.29 is 39.5 Å². The lowest BCUT2D eigenvalue weighted by atomic mass is 9.82. The topological polar surface area (TPSA) is 141 Å². The maximum Gasteiger partial charge on any atom is 0.511 e. The average Bonchev–Trinajstić information content (AvgIpc) is 2.47. The minimum Gasteiger partial charge on any atom is -0.508 e. The maximum absolute atomic E-state index is 12.5. The SMILES string of the molecule is O=C(O)Oc1cc(O)c2c(c1O)C(=O)c1cc(O)ccc1C2=O. The number of aromatic hydroxyl groups is 3. The Labute approximate surface area is 127 Å².